The van der Waals surface area contributed by atoms with Gasteiger partial charge in [0.1, 0.15) is 17.4 Å². The third-order valence-electron chi connectivity index (χ3n) is 3.03. The summed E-state index contributed by atoms with van der Waals surface area (Å²) in [5.41, 5.74) is 1.87. The van der Waals surface area contributed by atoms with Crippen LogP contribution < -0.4 is 9.47 Å². The number of benzene rings is 2. The summed E-state index contributed by atoms with van der Waals surface area (Å²) < 4.78 is 10.3. The summed E-state index contributed by atoms with van der Waals surface area (Å²) >= 11 is 5.42. The zero-order valence-corrected chi connectivity index (χ0v) is 13.2. The predicted molar refractivity (Wildman–Crippen MR) is 89.3 cm³/mol. The Bertz CT molecular complexity index is 778. The van der Waals surface area contributed by atoms with Crippen molar-refractivity contribution in [1.82, 2.24) is 0 Å². The number of methoxy groups -OCH3 is 1. The maximum absolute atomic E-state index is 11.2. The molecule has 0 fully saturated rings. The van der Waals surface area contributed by atoms with E-state index >= 15 is 0 Å². The van der Waals surface area contributed by atoms with Gasteiger partial charge in [-0.15, -0.1) is 11.6 Å². The molecule has 0 amide bonds. The van der Waals surface area contributed by atoms with Gasteiger partial charge in [-0.1, -0.05) is 24.3 Å². The summed E-state index contributed by atoms with van der Waals surface area (Å²) in [6.45, 7) is 0. The smallest absolute Gasteiger partial charge is 0.326 e. The SMILES string of the molecule is COc1ccccc1/C(C#N)=C\c1cccc(OC(=O)CCl)c1. The molecule has 0 spiro atoms. The molecule has 0 saturated heterocycles. The number of ether oxygens (including phenoxy) is 2. The molecule has 2 aromatic rings. The van der Waals surface area contributed by atoms with Crippen LogP contribution in [0.3, 0.4) is 0 Å². The van der Waals surface area contributed by atoms with Crippen LogP contribution in [-0.4, -0.2) is 19.0 Å². The summed E-state index contributed by atoms with van der Waals surface area (Å²) in [5.74, 6) is 0.245. The Morgan fingerprint density at radius 2 is 2.04 bits per heavy atom. The molecule has 0 aromatic heterocycles. The molecule has 0 radical (unpaired) electrons. The van der Waals surface area contributed by atoms with Gasteiger partial charge in [0.2, 0.25) is 0 Å². The zero-order valence-electron chi connectivity index (χ0n) is 12.5. The molecular formula is C18H14ClNO3. The van der Waals surface area contributed by atoms with E-state index in [9.17, 15) is 10.1 Å². The minimum Gasteiger partial charge on any atom is -0.496 e. The molecular weight excluding hydrogens is 314 g/mol. The van der Waals surface area contributed by atoms with Crippen molar-refractivity contribution in [2.24, 2.45) is 0 Å². The summed E-state index contributed by atoms with van der Waals surface area (Å²) in [5, 5.41) is 9.44. The number of carbonyl (C=O) groups excluding carboxylic acids is 1. The second kappa shape index (κ2) is 8.02. The summed E-state index contributed by atoms with van der Waals surface area (Å²) in [7, 11) is 1.56. The Labute approximate surface area is 139 Å². The van der Waals surface area contributed by atoms with Crippen molar-refractivity contribution in [1.29, 1.82) is 5.26 Å². The monoisotopic (exact) mass is 327 g/mol. The van der Waals surface area contributed by atoms with Gasteiger partial charge in [0.25, 0.3) is 0 Å². The molecule has 0 aliphatic carbocycles. The van der Waals surface area contributed by atoms with Gasteiger partial charge in [0, 0.05) is 5.56 Å². The molecule has 0 aliphatic rings. The van der Waals surface area contributed by atoms with Crippen molar-refractivity contribution in [3.05, 3.63) is 59.7 Å². The van der Waals surface area contributed by atoms with Gasteiger partial charge in [-0.2, -0.15) is 5.26 Å². The first-order valence-corrected chi connectivity index (χ1v) is 7.33. The maximum Gasteiger partial charge on any atom is 0.326 e. The fourth-order valence-corrected chi connectivity index (χ4v) is 2.09. The molecule has 2 aromatic carbocycles. The van der Waals surface area contributed by atoms with E-state index < -0.39 is 5.97 Å². The van der Waals surface area contributed by atoms with Crippen molar-refractivity contribution in [2.45, 2.75) is 0 Å². The van der Waals surface area contributed by atoms with Crippen molar-refractivity contribution in [3.63, 3.8) is 0 Å². The highest BCUT2D eigenvalue weighted by Gasteiger charge is 2.08. The second-order valence-corrected chi connectivity index (χ2v) is 4.82. The van der Waals surface area contributed by atoms with Crippen molar-refractivity contribution in [3.8, 4) is 17.6 Å². The van der Waals surface area contributed by atoms with E-state index in [4.69, 9.17) is 21.1 Å². The molecule has 0 heterocycles. The van der Waals surface area contributed by atoms with Crippen LogP contribution in [0.1, 0.15) is 11.1 Å². The number of halogens is 1. The number of esters is 1. The van der Waals surface area contributed by atoms with Crippen LogP contribution in [0.4, 0.5) is 0 Å². The standard InChI is InChI=1S/C18H14ClNO3/c1-22-17-8-3-2-7-16(17)14(12-20)9-13-5-4-6-15(10-13)23-18(21)11-19/h2-10H,11H2,1H3/b14-9-. The van der Waals surface area contributed by atoms with Crippen molar-refractivity contribution < 1.29 is 14.3 Å². The van der Waals surface area contributed by atoms with E-state index in [0.717, 1.165) is 5.56 Å². The normalized spacial score (nSPS) is 10.7. The average Bonchev–Trinajstić information content (AvgIpc) is 2.60. The quantitative estimate of drug-likeness (QED) is 0.275. The third-order valence-corrected chi connectivity index (χ3v) is 3.25. The highest BCUT2D eigenvalue weighted by Crippen LogP contribution is 2.27. The van der Waals surface area contributed by atoms with Crippen LogP contribution in [-0.2, 0) is 4.79 Å². The first kappa shape index (κ1) is 16.6. The van der Waals surface area contributed by atoms with Gasteiger partial charge >= 0.3 is 5.97 Å². The summed E-state index contributed by atoms with van der Waals surface area (Å²) in [6, 6.07) is 16.3. The molecule has 5 heteroatoms. The molecule has 116 valence electrons. The number of para-hydroxylation sites is 1. The third kappa shape index (κ3) is 4.35. The van der Waals surface area contributed by atoms with Gasteiger partial charge in [-0.25, -0.2) is 0 Å². The fraction of sp³-hybridized carbons (Fsp3) is 0.111. The average molecular weight is 328 g/mol. The zero-order chi connectivity index (χ0) is 16.7. The van der Waals surface area contributed by atoms with E-state index in [1.54, 1.807) is 37.5 Å². The Morgan fingerprint density at radius 1 is 1.26 bits per heavy atom. The lowest BCUT2D eigenvalue weighted by Crippen LogP contribution is -2.08. The molecule has 23 heavy (non-hydrogen) atoms. The molecule has 0 atom stereocenters. The van der Waals surface area contributed by atoms with E-state index in [-0.39, 0.29) is 5.88 Å². The predicted octanol–water partition coefficient (Wildman–Crippen LogP) is 3.90. The first-order valence-electron chi connectivity index (χ1n) is 6.80. The van der Waals surface area contributed by atoms with E-state index in [2.05, 4.69) is 6.07 Å². The minimum atomic E-state index is -0.530. The van der Waals surface area contributed by atoms with Gasteiger partial charge in [0.15, 0.2) is 0 Å². The lowest BCUT2D eigenvalue weighted by atomic mass is 10.0. The second-order valence-electron chi connectivity index (χ2n) is 4.55. The number of alkyl halides is 1. The summed E-state index contributed by atoms with van der Waals surface area (Å²) in [6.07, 6.45) is 1.70. The van der Waals surface area contributed by atoms with Gasteiger partial charge < -0.3 is 9.47 Å². The number of nitriles is 1. The van der Waals surface area contributed by atoms with Crippen LogP contribution >= 0.6 is 11.6 Å². The fourth-order valence-electron chi connectivity index (χ4n) is 2.03. The Kier molecular flexibility index (Phi) is 5.79. The van der Waals surface area contributed by atoms with E-state index in [1.165, 1.54) is 0 Å². The highest BCUT2D eigenvalue weighted by atomic mass is 35.5. The number of allylic oxidation sites excluding steroid dienone is 1. The number of carbonyl (C=O) groups is 1. The van der Waals surface area contributed by atoms with Crippen LogP contribution in [0.2, 0.25) is 0 Å². The van der Waals surface area contributed by atoms with Crippen molar-refractivity contribution >= 4 is 29.2 Å². The van der Waals surface area contributed by atoms with Crippen LogP contribution in [0.5, 0.6) is 11.5 Å². The minimum absolute atomic E-state index is 0.218. The lowest BCUT2D eigenvalue weighted by molar-refractivity contribution is -0.131. The molecule has 4 nitrogen and oxygen atoms in total. The number of nitrogens with zero attached hydrogens (tertiary/aromatic N) is 1. The van der Waals surface area contributed by atoms with Crippen LogP contribution in [0.15, 0.2) is 48.5 Å². The maximum atomic E-state index is 11.2. The Morgan fingerprint density at radius 3 is 2.74 bits per heavy atom. The topological polar surface area (TPSA) is 59.3 Å². The van der Waals surface area contributed by atoms with Crippen LogP contribution in [0, 0.1) is 11.3 Å². The first-order chi connectivity index (χ1) is 11.2. The number of hydrogen-bond acceptors (Lipinski definition) is 4. The largest absolute Gasteiger partial charge is 0.496 e. The van der Waals surface area contributed by atoms with E-state index in [0.29, 0.717) is 22.6 Å². The number of rotatable bonds is 5. The molecule has 0 N–H and O–H groups in total. The number of hydrogen-bond donors (Lipinski definition) is 0. The van der Waals surface area contributed by atoms with Gasteiger partial charge in [0.05, 0.1) is 18.8 Å². The Balaban J connectivity index is 2.37. The van der Waals surface area contributed by atoms with Crippen LogP contribution in [0.25, 0.3) is 11.6 Å². The molecule has 0 aliphatic heterocycles. The summed E-state index contributed by atoms with van der Waals surface area (Å²) in [4.78, 5) is 11.2. The molecule has 0 unspecified atom stereocenters. The highest BCUT2D eigenvalue weighted by molar-refractivity contribution is 6.26. The van der Waals surface area contributed by atoms with E-state index in [1.807, 2.05) is 24.3 Å². The molecule has 0 bridgehead atoms. The lowest BCUT2D eigenvalue weighted by Gasteiger charge is -2.07. The van der Waals surface area contributed by atoms with Crippen molar-refractivity contribution in [2.75, 3.05) is 13.0 Å². The molecule has 0 saturated carbocycles. The molecule has 2 rings (SSSR count). The van der Waals surface area contributed by atoms with Gasteiger partial charge in [-0.3, -0.25) is 4.79 Å². The van der Waals surface area contributed by atoms with Gasteiger partial charge in [-0.05, 0) is 35.9 Å². The Hall–Kier alpha value is -2.77.